The monoisotopic (exact) mass is 287 g/mol. The molecular weight excluding hydrogens is 279 g/mol. The van der Waals surface area contributed by atoms with Crippen LogP contribution in [-0.4, -0.2) is 11.0 Å². The molecule has 8 heteroatoms. The maximum Gasteiger partial charge on any atom is 0.325 e. The summed E-state index contributed by atoms with van der Waals surface area (Å²) in [5, 5.41) is 6.45. The van der Waals surface area contributed by atoms with E-state index in [0.717, 1.165) is 17.8 Å². The second-order valence-corrected chi connectivity index (χ2v) is 4.45. The average Bonchev–Trinajstić information content (AvgIpc) is 2.75. The van der Waals surface area contributed by atoms with E-state index in [-0.39, 0.29) is 0 Å². The molecule has 0 aliphatic rings. The van der Waals surface area contributed by atoms with Crippen LogP contribution >= 0.6 is 11.3 Å². The third-order valence-corrected chi connectivity index (χ3v) is 3.00. The number of anilines is 2. The Morgan fingerprint density at radius 3 is 2.58 bits per heavy atom. The lowest BCUT2D eigenvalue weighted by atomic mass is 10.3. The summed E-state index contributed by atoms with van der Waals surface area (Å²) in [5.74, 6) is -4.41. The zero-order chi connectivity index (χ0) is 14.0. The standard InChI is InChI=1S/C11H8F3N3OS/c1-5-4-19-11(15-5)17-10(18)16-7-3-2-6(12)8(13)9(7)14/h2-4H,1H3,(H2,15,16,17,18). The maximum absolute atomic E-state index is 13.3. The number of hydrogen-bond donors (Lipinski definition) is 2. The molecule has 0 aliphatic heterocycles. The molecule has 1 heterocycles. The molecule has 0 atom stereocenters. The average molecular weight is 287 g/mol. The number of amides is 2. The van der Waals surface area contributed by atoms with E-state index < -0.39 is 29.2 Å². The van der Waals surface area contributed by atoms with Crippen molar-refractivity contribution in [3.63, 3.8) is 0 Å². The zero-order valence-electron chi connectivity index (χ0n) is 9.63. The van der Waals surface area contributed by atoms with E-state index in [1.54, 1.807) is 12.3 Å². The fourth-order valence-corrected chi connectivity index (χ4v) is 1.97. The third-order valence-electron chi connectivity index (χ3n) is 2.12. The van der Waals surface area contributed by atoms with Gasteiger partial charge in [-0.3, -0.25) is 5.32 Å². The van der Waals surface area contributed by atoms with Gasteiger partial charge in [0.1, 0.15) is 0 Å². The van der Waals surface area contributed by atoms with E-state index in [1.165, 1.54) is 11.3 Å². The number of benzene rings is 1. The zero-order valence-corrected chi connectivity index (χ0v) is 10.4. The minimum atomic E-state index is -1.64. The molecule has 0 fully saturated rings. The van der Waals surface area contributed by atoms with Gasteiger partial charge in [0.05, 0.1) is 11.4 Å². The lowest BCUT2D eigenvalue weighted by Crippen LogP contribution is -2.20. The molecule has 1 aromatic heterocycles. The van der Waals surface area contributed by atoms with Crippen LogP contribution in [0.5, 0.6) is 0 Å². The van der Waals surface area contributed by atoms with E-state index in [1.807, 2.05) is 0 Å². The number of urea groups is 1. The Bertz CT molecular complexity index is 630. The first-order valence-electron chi connectivity index (χ1n) is 5.11. The Hall–Kier alpha value is -2.09. The van der Waals surface area contributed by atoms with Gasteiger partial charge < -0.3 is 5.32 Å². The normalized spacial score (nSPS) is 10.3. The van der Waals surface area contributed by atoms with Crippen molar-refractivity contribution < 1.29 is 18.0 Å². The molecule has 2 rings (SSSR count). The van der Waals surface area contributed by atoms with Gasteiger partial charge in [0.25, 0.3) is 0 Å². The lowest BCUT2D eigenvalue weighted by molar-refractivity contribution is 0.262. The van der Waals surface area contributed by atoms with E-state index >= 15 is 0 Å². The number of hydrogen-bond acceptors (Lipinski definition) is 3. The number of carbonyl (C=O) groups excluding carboxylic acids is 1. The molecule has 0 spiro atoms. The van der Waals surface area contributed by atoms with Gasteiger partial charge in [-0.1, -0.05) is 0 Å². The topological polar surface area (TPSA) is 54.0 Å². The smallest absolute Gasteiger partial charge is 0.305 e. The van der Waals surface area contributed by atoms with Gasteiger partial charge in [0, 0.05) is 5.38 Å². The highest BCUT2D eigenvalue weighted by Crippen LogP contribution is 2.20. The second kappa shape index (κ2) is 5.27. The fourth-order valence-electron chi connectivity index (χ4n) is 1.28. The van der Waals surface area contributed by atoms with Crippen molar-refractivity contribution in [3.05, 3.63) is 40.7 Å². The van der Waals surface area contributed by atoms with E-state index in [9.17, 15) is 18.0 Å². The van der Waals surface area contributed by atoms with Crippen molar-refractivity contribution in [1.82, 2.24) is 4.98 Å². The second-order valence-electron chi connectivity index (χ2n) is 3.60. The van der Waals surface area contributed by atoms with Gasteiger partial charge >= 0.3 is 6.03 Å². The SMILES string of the molecule is Cc1csc(NC(=O)Nc2ccc(F)c(F)c2F)n1. The number of aryl methyl sites for hydroxylation is 1. The van der Waals surface area contributed by atoms with E-state index in [2.05, 4.69) is 15.6 Å². The van der Waals surface area contributed by atoms with Crippen LogP contribution in [0.4, 0.5) is 28.8 Å². The van der Waals surface area contributed by atoms with Gasteiger partial charge in [0.15, 0.2) is 22.6 Å². The van der Waals surface area contributed by atoms with E-state index in [0.29, 0.717) is 5.13 Å². The maximum atomic E-state index is 13.3. The highest BCUT2D eigenvalue weighted by atomic mass is 32.1. The summed E-state index contributed by atoms with van der Waals surface area (Å²) >= 11 is 1.19. The number of rotatable bonds is 2. The molecule has 2 aromatic rings. The summed E-state index contributed by atoms with van der Waals surface area (Å²) < 4.78 is 38.9. The van der Waals surface area contributed by atoms with Gasteiger partial charge in [0.2, 0.25) is 0 Å². The van der Waals surface area contributed by atoms with Crippen LogP contribution in [0, 0.1) is 24.4 Å². The van der Waals surface area contributed by atoms with Crippen LogP contribution in [0.2, 0.25) is 0 Å². The number of aromatic nitrogens is 1. The molecule has 0 saturated carbocycles. The first-order valence-corrected chi connectivity index (χ1v) is 5.99. The van der Waals surface area contributed by atoms with Crippen LogP contribution in [-0.2, 0) is 0 Å². The van der Waals surface area contributed by atoms with Crippen LogP contribution in [0.25, 0.3) is 0 Å². The molecule has 100 valence electrons. The van der Waals surface area contributed by atoms with Gasteiger partial charge in [-0.15, -0.1) is 11.3 Å². The van der Waals surface area contributed by atoms with Crippen LogP contribution in [0.3, 0.4) is 0 Å². The van der Waals surface area contributed by atoms with Crippen LogP contribution < -0.4 is 10.6 Å². The van der Waals surface area contributed by atoms with Crippen molar-refractivity contribution in [3.8, 4) is 0 Å². The third kappa shape index (κ3) is 3.02. The van der Waals surface area contributed by atoms with Crippen LogP contribution in [0.1, 0.15) is 5.69 Å². The number of halogens is 3. The van der Waals surface area contributed by atoms with Crippen molar-refractivity contribution in [1.29, 1.82) is 0 Å². The summed E-state index contributed by atoms with van der Waals surface area (Å²) in [7, 11) is 0. The largest absolute Gasteiger partial charge is 0.325 e. The molecule has 0 unspecified atom stereocenters. The Kier molecular flexibility index (Phi) is 3.70. The summed E-state index contributed by atoms with van der Waals surface area (Å²) in [6, 6.07) is 0.862. The molecular formula is C11H8F3N3OS. The quantitative estimate of drug-likeness (QED) is 0.830. The fraction of sp³-hybridized carbons (Fsp3) is 0.0909. The highest BCUT2D eigenvalue weighted by molar-refractivity contribution is 7.13. The predicted molar refractivity (Wildman–Crippen MR) is 65.8 cm³/mol. The number of nitrogens with zero attached hydrogens (tertiary/aromatic N) is 1. The number of nitrogens with one attached hydrogen (secondary N) is 2. The lowest BCUT2D eigenvalue weighted by Gasteiger charge is -2.07. The van der Waals surface area contributed by atoms with Gasteiger partial charge in [-0.05, 0) is 19.1 Å². The summed E-state index contributed by atoms with van der Waals surface area (Å²) in [4.78, 5) is 15.5. The first kappa shape index (κ1) is 13.3. The van der Waals surface area contributed by atoms with Gasteiger partial charge in [-0.2, -0.15) is 0 Å². The number of carbonyl (C=O) groups is 1. The molecule has 2 N–H and O–H groups in total. The minimum Gasteiger partial charge on any atom is -0.305 e. The summed E-state index contributed by atoms with van der Waals surface area (Å²) in [5.41, 5.74) is 0.268. The molecule has 4 nitrogen and oxygen atoms in total. The molecule has 0 radical (unpaired) electrons. The molecule has 0 aliphatic carbocycles. The van der Waals surface area contributed by atoms with Crippen molar-refractivity contribution >= 4 is 28.2 Å². The minimum absolute atomic E-state index is 0.318. The summed E-state index contributed by atoms with van der Waals surface area (Å²) in [6.45, 7) is 1.74. The Morgan fingerprint density at radius 2 is 1.95 bits per heavy atom. The predicted octanol–water partition coefficient (Wildman–Crippen LogP) is 3.51. The van der Waals surface area contributed by atoms with Gasteiger partial charge in [-0.25, -0.2) is 22.9 Å². The van der Waals surface area contributed by atoms with E-state index in [4.69, 9.17) is 0 Å². The summed E-state index contributed by atoms with van der Waals surface area (Å²) in [6.07, 6.45) is 0. The van der Waals surface area contributed by atoms with Crippen LogP contribution in [0.15, 0.2) is 17.5 Å². The molecule has 0 saturated heterocycles. The number of thiazole rings is 1. The Labute approximate surface area is 110 Å². The molecule has 1 aromatic carbocycles. The van der Waals surface area contributed by atoms with Crippen molar-refractivity contribution in [2.45, 2.75) is 6.92 Å². The Morgan fingerprint density at radius 1 is 1.21 bits per heavy atom. The van der Waals surface area contributed by atoms with Crippen molar-refractivity contribution in [2.24, 2.45) is 0 Å². The van der Waals surface area contributed by atoms with Crippen molar-refractivity contribution in [2.75, 3.05) is 10.6 Å². The first-order chi connectivity index (χ1) is 8.97. The highest BCUT2D eigenvalue weighted by Gasteiger charge is 2.15. The molecule has 2 amide bonds. The molecule has 19 heavy (non-hydrogen) atoms. The molecule has 0 bridgehead atoms. The Balaban J connectivity index is 2.09.